The van der Waals surface area contributed by atoms with Gasteiger partial charge < -0.3 is 4.90 Å². The maximum Gasteiger partial charge on any atom is 0.242 e. The van der Waals surface area contributed by atoms with Crippen molar-refractivity contribution < 1.29 is 4.79 Å². The quantitative estimate of drug-likeness (QED) is 0.767. The van der Waals surface area contributed by atoms with Crippen LogP contribution in [0.15, 0.2) is 42.5 Å². The van der Waals surface area contributed by atoms with Gasteiger partial charge in [0.05, 0.1) is 6.54 Å². The number of anilines is 1. The molecule has 3 heteroatoms. The van der Waals surface area contributed by atoms with E-state index in [-0.39, 0.29) is 11.8 Å². The van der Waals surface area contributed by atoms with Crippen LogP contribution >= 0.6 is 11.6 Å². The lowest BCUT2D eigenvalue weighted by Crippen LogP contribution is -2.32. The molecule has 0 unspecified atom stereocenters. The van der Waals surface area contributed by atoms with E-state index in [1.807, 2.05) is 38.1 Å². The molecule has 0 fully saturated rings. The Balaban J connectivity index is 2.39. The summed E-state index contributed by atoms with van der Waals surface area (Å²) in [4.78, 5) is 14.0. The molecule has 0 aliphatic heterocycles. The van der Waals surface area contributed by atoms with Crippen LogP contribution in [0.2, 0.25) is 0 Å². The van der Waals surface area contributed by atoms with Crippen LogP contribution in [0, 0.1) is 20.8 Å². The maximum absolute atomic E-state index is 12.3. The average molecular weight is 302 g/mol. The lowest BCUT2D eigenvalue weighted by molar-refractivity contribution is -0.116. The fraction of sp³-hybridized carbons (Fsp3) is 0.278. The molecular weight excluding hydrogens is 282 g/mol. The van der Waals surface area contributed by atoms with Gasteiger partial charge in [0.15, 0.2) is 0 Å². The van der Waals surface area contributed by atoms with Crippen LogP contribution in [0.25, 0.3) is 0 Å². The van der Waals surface area contributed by atoms with Gasteiger partial charge in [0.25, 0.3) is 0 Å². The van der Waals surface area contributed by atoms with Crippen molar-refractivity contribution in [3.05, 3.63) is 64.7 Å². The van der Waals surface area contributed by atoms with Crippen LogP contribution < -0.4 is 4.90 Å². The lowest BCUT2D eigenvalue weighted by atomic mass is 10.1. The Kier molecular flexibility index (Phi) is 5.03. The third-order valence-corrected chi connectivity index (χ3v) is 3.72. The number of carbonyl (C=O) groups excluding carboxylic acids is 1. The number of alkyl halides is 1. The molecule has 2 aromatic carbocycles. The highest BCUT2D eigenvalue weighted by molar-refractivity contribution is 6.29. The SMILES string of the molecule is Cc1cccc(CN(C(=O)CCl)c2cc(C)ccc2C)c1. The normalized spacial score (nSPS) is 10.5. The van der Waals surface area contributed by atoms with Crippen molar-refractivity contribution in [2.24, 2.45) is 0 Å². The molecule has 0 aliphatic rings. The van der Waals surface area contributed by atoms with Gasteiger partial charge >= 0.3 is 0 Å². The first-order chi connectivity index (χ1) is 10.0. The maximum atomic E-state index is 12.3. The van der Waals surface area contributed by atoms with Crippen LogP contribution in [0.4, 0.5) is 5.69 Å². The smallest absolute Gasteiger partial charge is 0.242 e. The van der Waals surface area contributed by atoms with Gasteiger partial charge in [-0.2, -0.15) is 0 Å². The highest BCUT2D eigenvalue weighted by Crippen LogP contribution is 2.24. The van der Waals surface area contributed by atoms with E-state index >= 15 is 0 Å². The van der Waals surface area contributed by atoms with Crippen LogP contribution in [0.3, 0.4) is 0 Å². The summed E-state index contributed by atoms with van der Waals surface area (Å²) in [5.41, 5.74) is 5.43. The van der Waals surface area contributed by atoms with Gasteiger partial charge in [-0.1, -0.05) is 42.0 Å². The van der Waals surface area contributed by atoms with Gasteiger partial charge in [0.1, 0.15) is 5.88 Å². The number of nitrogens with zero attached hydrogens (tertiary/aromatic N) is 1. The van der Waals surface area contributed by atoms with Crippen LogP contribution in [0.5, 0.6) is 0 Å². The summed E-state index contributed by atoms with van der Waals surface area (Å²) >= 11 is 5.80. The van der Waals surface area contributed by atoms with E-state index < -0.39 is 0 Å². The van der Waals surface area contributed by atoms with Crippen molar-refractivity contribution in [2.75, 3.05) is 10.8 Å². The molecule has 0 aromatic heterocycles. The summed E-state index contributed by atoms with van der Waals surface area (Å²) in [5.74, 6) is -0.0917. The van der Waals surface area contributed by atoms with Crippen molar-refractivity contribution >= 4 is 23.2 Å². The third kappa shape index (κ3) is 3.85. The molecule has 0 aliphatic carbocycles. The molecular formula is C18H20ClNO. The number of rotatable bonds is 4. The molecule has 21 heavy (non-hydrogen) atoms. The number of aryl methyl sites for hydroxylation is 3. The second kappa shape index (κ2) is 6.77. The van der Waals surface area contributed by atoms with E-state index in [0.29, 0.717) is 6.54 Å². The van der Waals surface area contributed by atoms with Gasteiger partial charge in [0, 0.05) is 5.69 Å². The van der Waals surface area contributed by atoms with E-state index in [1.165, 1.54) is 5.56 Å². The molecule has 0 heterocycles. The molecule has 2 aromatic rings. The number of amides is 1. The summed E-state index contributed by atoms with van der Waals surface area (Å²) in [6, 6.07) is 14.3. The first-order valence-corrected chi connectivity index (χ1v) is 7.54. The van der Waals surface area contributed by atoms with Crippen molar-refractivity contribution in [2.45, 2.75) is 27.3 Å². The van der Waals surface area contributed by atoms with Crippen molar-refractivity contribution in [3.63, 3.8) is 0 Å². The van der Waals surface area contributed by atoms with Crippen molar-refractivity contribution in [1.29, 1.82) is 0 Å². The Bertz CT molecular complexity index is 651. The monoisotopic (exact) mass is 301 g/mol. The molecule has 0 bridgehead atoms. The zero-order chi connectivity index (χ0) is 15.4. The highest BCUT2D eigenvalue weighted by atomic mass is 35.5. The molecule has 1 amide bonds. The minimum absolute atomic E-state index is 0.0147. The van der Waals surface area contributed by atoms with Gasteiger partial charge in [-0.05, 0) is 43.5 Å². The standard InChI is InChI=1S/C18H20ClNO/c1-13-5-4-6-16(9-13)12-20(18(21)11-19)17-10-14(2)7-8-15(17)3/h4-10H,11-12H2,1-3H3. The van der Waals surface area contributed by atoms with E-state index in [9.17, 15) is 4.79 Å². The largest absolute Gasteiger partial charge is 0.307 e. The van der Waals surface area contributed by atoms with E-state index in [4.69, 9.17) is 11.6 Å². The summed E-state index contributed by atoms with van der Waals surface area (Å²) in [5, 5.41) is 0. The summed E-state index contributed by atoms with van der Waals surface area (Å²) < 4.78 is 0. The predicted octanol–water partition coefficient (Wildman–Crippen LogP) is 4.38. The zero-order valence-electron chi connectivity index (χ0n) is 12.7. The van der Waals surface area contributed by atoms with E-state index in [0.717, 1.165) is 22.4 Å². The molecule has 0 saturated carbocycles. The first-order valence-electron chi connectivity index (χ1n) is 7.00. The van der Waals surface area contributed by atoms with Crippen LogP contribution in [-0.2, 0) is 11.3 Å². The highest BCUT2D eigenvalue weighted by Gasteiger charge is 2.17. The first kappa shape index (κ1) is 15.6. The third-order valence-electron chi connectivity index (χ3n) is 3.49. The average Bonchev–Trinajstić information content (AvgIpc) is 2.47. The van der Waals surface area contributed by atoms with E-state index in [1.54, 1.807) is 4.90 Å². The van der Waals surface area contributed by atoms with Gasteiger partial charge in [-0.3, -0.25) is 4.79 Å². The summed E-state index contributed by atoms with van der Waals surface area (Å²) in [7, 11) is 0. The number of halogens is 1. The fourth-order valence-electron chi connectivity index (χ4n) is 2.38. The minimum Gasteiger partial charge on any atom is -0.307 e. The molecule has 0 spiro atoms. The minimum atomic E-state index is -0.0770. The van der Waals surface area contributed by atoms with Crippen molar-refractivity contribution in [1.82, 2.24) is 0 Å². The van der Waals surface area contributed by atoms with E-state index in [2.05, 4.69) is 25.1 Å². The summed E-state index contributed by atoms with van der Waals surface area (Å²) in [6.07, 6.45) is 0. The number of hydrogen-bond acceptors (Lipinski definition) is 1. The Morgan fingerprint density at radius 1 is 1.05 bits per heavy atom. The zero-order valence-corrected chi connectivity index (χ0v) is 13.4. The number of benzene rings is 2. The number of carbonyl (C=O) groups is 1. The Morgan fingerprint density at radius 3 is 2.43 bits per heavy atom. The van der Waals surface area contributed by atoms with Crippen LogP contribution in [-0.4, -0.2) is 11.8 Å². The van der Waals surface area contributed by atoms with Gasteiger partial charge in [-0.15, -0.1) is 11.6 Å². The Labute approximate surface area is 131 Å². The predicted molar refractivity (Wildman–Crippen MR) is 89.0 cm³/mol. The molecule has 0 atom stereocenters. The Hall–Kier alpha value is -1.80. The number of hydrogen-bond donors (Lipinski definition) is 0. The van der Waals surface area contributed by atoms with Crippen LogP contribution in [0.1, 0.15) is 22.3 Å². The molecule has 2 rings (SSSR count). The Morgan fingerprint density at radius 2 is 1.76 bits per heavy atom. The van der Waals surface area contributed by atoms with Crippen molar-refractivity contribution in [3.8, 4) is 0 Å². The van der Waals surface area contributed by atoms with Gasteiger partial charge in [0.2, 0.25) is 5.91 Å². The molecule has 0 saturated heterocycles. The fourth-order valence-corrected chi connectivity index (χ4v) is 2.53. The molecule has 0 radical (unpaired) electrons. The second-order valence-corrected chi connectivity index (χ2v) is 5.66. The van der Waals surface area contributed by atoms with Gasteiger partial charge in [-0.25, -0.2) is 0 Å². The summed E-state index contributed by atoms with van der Waals surface area (Å²) in [6.45, 7) is 6.63. The second-order valence-electron chi connectivity index (χ2n) is 5.39. The molecule has 0 N–H and O–H groups in total. The molecule has 110 valence electrons. The topological polar surface area (TPSA) is 20.3 Å². The molecule has 2 nitrogen and oxygen atoms in total. The lowest BCUT2D eigenvalue weighted by Gasteiger charge is -2.24.